The number of aliphatic hydroxyl groups is 1. The quantitative estimate of drug-likeness (QED) is 0.741. The van der Waals surface area contributed by atoms with E-state index in [-0.39, 0.29) is 17.7 Å². The number of ether oxygens (including phenoxy) is 2. The Kier molecular flexibility index (Phi) is 3.02. The molecule has 1 saturated carbocycles. The van der Waals surface area contributed by atoms with Gasteiger partial charge in [0.1, 0.15) is 11.7 Å². The molecule has 4 bridgehead atoms. The molecule has 5 heteroatoms. The summed E-state index contributed by atoms with van der Waals surface area (Å²) in [6, 6.07) is 3.34. The first kappa shape index (κ1) is 16.1. The van der Waals surface area contributed by atoms with Crippen LogP contribution in [0.3, 0.4) is 0 Å². The molecule has 0 aromatic heterocycles. The van der Waals surface area contributed by atoms with E-state index in [0.717, 1.165) is 17.5 Å². The predicted octanol–water partition coefficient (Wildman–Crippen LogP) is 3.16. The van der Waals surface area contributed by atoms with Crippen LogP contribution in [-0.4, -0.2) is 59.1 Å². The van der Waals surface area contributed by atoms with Gasteiger partial charge in [-0.15, -0.1) is 0 Å². The maximum Gasteiger partial charge on any atom is 0.165 e. The van der Waals surface area contributed by atoms with E-state index < -0.39 is 35.1 Å². The highest BCUT2D eigenvalue weighted by molar-refractivity contribution is 5.65. The number of piperidine rings is 1. The number of phenols is 1. The monoisotopic (exact) mass is 414 g/mol. The van der Waals surface area contributed by atoms with Crippen LogP contribution in [0.15, 0.2) is 24.3 Å². The molecule has 0 unspecified atom stereocenters. The summed E-state index contributed by atoms with van der Waals surface area (Å²) in [5.74, 6) is 0.366. The van der Waals surface area contributed by atoms with Crippen LogP contribution in [0, 0.1) is 11.3 Å². The zero-order chi connectivity index (χ0) is 23.6. The van der Waals surface area contributed by atoms with Crippen molar-refractivity contribution in [3.8, 4) is 11.5 Å². The van der Waals surface area contributed by atoms with Crippen LogP contribution in [0.25, 0.3) is 0 Å². The molecule has 0 amide bonds. The fraction of sp³-hybridized carbons (Fsp3) is 0.680. The Morgan fingerprint density at radius 2 is 2.23 bits per heavy atom. The number of benzene rings is 1. The summed E-state index contributed by atoms with van der Waals surface area (Å²) < 4.78 is 37.9. The first-order valence-corrected chi connectivity index (χ1v) is 11.3. The van der Waals surface area contributed by atoms with Gasteiger partial charge in [-0.05, 0) is 57.8 Å². The molecule has 2 spiro atoms. The molecule has 5 nitrogen and oxygen atoms in total. The van der Waals surface area contributed by atoms with E-state index >= 15 is 0 Å². The largest absolute Gasteiger partial charge is 0.504 e. The van der Waals surface area contributed by atoms with Gasteiger partial charge in [0.05, 0.1) is 11.0 Å². The topological polar surface area (TPSA) is 62.2 Å². The second-order valence-electron chi connectivity index (χ2n) is 10.4. The van der Waals surface area contributed by atoms with Gasteiger partial charge >= 0.3 is 0 Å². The van der Waals surface area contributed by atoms with Crippen LogP contribution in [0.1, 0.15) is 54.8 Å². The highest BCUT2D eigenvalue weighted by atomic mass is 16.6. The highest BCUT2D eigenvalue weighted by Crippen LogP contribution is 2.75. The Hall–Kier alpha value is -1.56. The minimum absolute atomic E-state index is 0.117. The van der Waals surface area contributed by atoms with Gasteiger partial charge in [-0.1, -0.05) is 31.6 Å². The summed E-state index contributed by atoms with van der Waals surface area (Å²) >= 11 is 0. The highest BCUT2D eigenvalue weighted by Gasteiger charge is 2.80. The lowest BCUT2D eigenvalue weighted by Gasteiger charge is -2.72. The van der Waals surface area contributed by atoms with Gasteiger partial charge in [0.25, 0.3) is 0 Å². The molecule has 1 aromatic rings. The molecule has 6 aliphatic rings. The van der Waals surface area contributed by atoms with Crippen molar-refractivity contribution in [1.29, 1.82) is 0 Å². The van der Waals surface area contributed by atoms with Gasteiger partial charge in [-0.3, -0.25) is 0 Å². The summed E-state index contributed by atoms with van der Waals surface area (Å²) in [7, 11) is 1.68. The van der Waals surface area contributed by atoms with Crippen molar-refractivity contribution in [1.82, 2.24) is 4.90 Å². The number of hydrogen-bond donors (Lipinski definition) is 2. The van der Waals surface area contributed by atoms with E-state index in [4.69, 9.17) is 13.6 Å². The van der Waals surface area contributed by atoms with Crippen molar-refractivity contribution in [2.45, 2.75) is 74.7 Å². The molecule has 2 fully saturated rings. The van der Waals surface area contributed by atoms with Gasteiger partial charge < -0.3 is 24.6 Å². The number of likely N-dealkylation sites (tertiary alicyclic amines) is 1. The lowest BCUT2D eigenvalue weighted by Crippen LogP contribution is -2.80. The zero-order valence-corrected chi connectivity index (χ0v) is 17.9. The Labute approximate surface area is 182 Å². The van der Waals surface area contributed by atoms with Crippen molar-refractivity contribution in [3.63, 3.8) is 0 Å². The minimum atomic E-state index is -2.21. The fourth-order valence-electron chi connectivity index (χ4n) is 8.22. The predicted molar refractivity (Wildman–Crippen MR) is 114 cm³/mol. The SMILES string of the molecule is [2H]C([2H])([2H])N1CC[C@]23c4c5ccc(O)c4O[C@H]2[C@@]2(OC)C=C[C@@]3(C[C@@H]2[C@](C)(O)CCC)[C@H]1C5. The Bertz CT molecular complexity index is 1050. The molecule has 4 aliphatic carbocycles. The standard InChI is InChI=1S/C25H33NO4/c1-5-8-22(2,28)17-14-23-9-10-25(17,29-4)21-24(23)11-12-26(3)18(23)13-15-6-7-16(27)20(30-21)19(15)24/h6-7,9-10,17-18,21,27-28H,5,8,11-14H2,1-4H3/t17-,18-,21-,22-,23-,24+,25-/m1/s1/i3D3. The molecule has 7 rings (SSSR count). The average molecular weight is 415 g/mol. The van der Waals surface area contributed by atoms with Crippen LogP contribution in [0.5, 0.6) is 11.5 Å². The van der Waals surface area contributed by atoms with Crippen LogP contribution in [0.2, 0.25) is 0 Å². The van der Waals surface area contributed by atoms with E-state index in [2.05, 4.69) is 19.1 Å². The van der Waals surface area contributed by atoms with Gasteiger partial charge in [-0.25, -0.2) is 0 Å². The van der Waals surface area contributed by atoms with Gasteiger partial charge in [0.15, 0.2) is 11.5 Å². The summed E-state index contributed by atoms with van der Waals surface area (Å²) in [5, 5.41) is 22.5. The Morgan fingerprint density at radius 1 is 1.40 bits per heavy atom. The lowest BCUT2D eigenvalue weighted by atomic mass is 9.36. The van der Waals surface area contributed by atoms with Crippen LogP contribution >= 0.6 is 0 Å². The van der Waals surface area contributed by atoms with Gasteiger partial charge in [0.2, 0.25) is 0 Å². The molecular weight excluding hydrogens is 378 g/mol. The van der Waals surface area contributed by atoms with E-state index in [9.17, 15) is 10.2 Å². The van der Waals surface area contributed by atoms with E-state index in [0.29, 0.717) is 38.0 Å². The number of methoxy groups -OCH3 is 1. The molecule has 162 valence electrons. The first-order chi connectivity index (χ1) is 15.5. The second-order valence-corrected chi connectivity index (χ2v) is 10.4. The number of rotatable bonds is 4. The number of nitrogens with zero attached hydrogens (tertiary/aromatic N) is 1. The number of likely N-dealkylation sites (N-methyl/N-ethyl adjacent to an activating group) is 1. The maximum absolute atomic E-state index is 11.7. The third-order valence-electron chi connectivity index (χ3n) is 9.31. The molecule has 2 aliphatic heterocycles. The van der Waals surface area contributed by atoms with E-state index in [1.165, 1.54) is 0 Å². The van der Waals surface area contributed by atoms with Gasteiger partial charge in [-0.2, -0.15) is 0 Å². The summed E-state index contributed by atoms with van der Waals surface area (Å²) in [5.41, 5.74) is -0.812. The summed E-state index contributed by atoms with van der Waals surface area (Å²) in [6.07, 6.45) is 7.05. The summed E-state index contributed by atoms with van der Waals surface area (Å²) in [4.78, 5) is 1.70. The fourth-order valence-corrected chi connectivity index (χ4v) is 8.22. The smallest absolute Gasteiger partial charge is 0.165 e. The number of hydrogen-bond acceptors (Lipinski definition) is 5. The molecule has 1 aromatic carbocycles. The van der Waals surface area contributed by atoms with Crippen LogP contribution in [-0.2, 0) is 16.6 Å². The van der Waals surface area contributed by atoms with Crippen molar-refractivity contribution < 1.29 is 23.8 Å². The van der Waals surface area contributed by atoms with Crippen LogP contribution < -0.4 is 4.74 Å². The second kappa shape index (κ2) is 5.62. The van der Waals surface area contributed by atoms with Crippen molar-refractivity contribution in [3.05, 3.63) is 35.4 Å². The third-order valence-corrected chi connectivity index (χ3v) is 9.31. The van der Waals surface area contributed by atoms with Crippen molar-refractivity contribution in [2.24, 2.45) is 11.3 Å². The number of phenolic OH excluding ortho intramolecular Hbond substituents is 1. The van der Waals surface area contributed by atoms with Crippen molar-refractivity contribution >= 4 is 0 Å². The maximum atomic E-state index is 11.7. The molecule has 2 N–H and O–H groups in total. The third kappa shape index (κ3) is 1.80. The number of fused-ring (bicyclic) bond motifs is 1. The van der Waals surface area contributed by atoms with E-state index in [1.54, 1.807) is 18.1 Å². The normalized spacial score (nSPS) is 46.4. The minimum Gasteiger partial charge on any atom is -0.504 e. The molecule has 0 radical (unpaired) electrons. The van der Waals surface area contributed by atoms with E-state index in [1.807, 2.05) is 13.0 Å². The lowest BCUT2D eigenvalue weighted by molar-refractivity contribution is -0.247. The number of aromatic hydroxyl groups is 1. The Balaban J connectivity index is 1.65. The van der Waals surface area contributed by atoms with Gasteiger partial charge in [0, 0.05) is 34.2 Å². The molecule has 2 heterocycles. The first-order valence-electron chi connectivity index (χ1n) is 12.8. The molecule has 1 saturated heterocycles. The average Bonchev–Trinajstić information content (AvgIpc) is 3.11. The Morgan fingerprint density at radius 3 is 2.97 bits per heavy atom. The van der Waals surface area contributed by atoms with Crippen LogP contribution in [0.4, 0.5) is 0 Å². The molecule has 30 heavy (non-hydrogen) atoms. The van der Waals surface area contributed by atoms with Crippen molar-refractivity contribution in [2.75, 3.05) is 20.6 Å². The molecular formula is C25H33NO4. The molecule has 7 atom stereocenters. The zero-order valence-electron chi connectivity index (χ0n) is 20.9. The summed E-state index contributed by atoms with van der Waals surface area (Å²) in [6.45, 7) is 2.16.